The van der Waals surface area contributed by atoms with Crippen LogP contribution in [-0.4, -0.2) is 31.0 Å². The smallest absolute Gasteiger partial charge is 0.0634 e. The zero-order chi connectivity index (χ0) is 8.41. The van der Waals surface area contributed by atoms with Crippen molar-refractivity contribution in [1.29, 1.82) is 0 Å². The number of aliphatic hydroxyl groups excluding tert-OH is 1. The first kappa shape index (κ1) is 12.5. The van der Waals surface area contributed by atoms with E-state index in [9.17, 15) is 0 Å². The third kappa shape index (κ3) is 24.8. The minimum absolute atomic E-state index is 0.338. The van der Waals surface area contributed by atoms with Crippen molar-refractivity contribution in [3.63, 3.8) is 0 Å². The SMILES string of the molecule is CC(O)CN.CCOCC. The van der Waals surface area contributed by atoms with E-state index in [-0.39, 0.29) is 6.10 Å². The molecule has 0 heterocycles. The molecule has 3 N–H and O–H groups in total. The van der Waals surface area contributed by atoms with Gasteiger partial charge < -0.3 is 15.6 Å². The van der Waals surface area contributed by atoms with Crippen LogP contribution in [0.1, 0.15) is 20.8 Å². The molecule has 0 aliphatic heterocycles. The fraction of sp³-hybridized carbons (Fsp3) is 1.00. The lowest BCUT2D eigenvalue weighted by molar-refractivity contribution is 0.162. The number of rotatable bonds is 3. The molecule has 0 aliphatic rings. The molecule has 64 valence electrons. The Bertz CT molecular complexity index is 46.9. The van der Waals surface area contributed by atoms with Crippen molar-refractivity contribution in [2.75, 3.05) is 19.8 Å². The Morgan fingerprint density at radius 3 is 1.70 bits per heavy atom. The zero-order valence-electron chi connectivity index (χ0n) is 7.13. The molecule has 10 heavy (non-hydrogen) atoms. The van der Waals surface area contributed by atoms with Crippen LogP contribution < -0.4 is 5.73 Å². The van der Waals surface area contributed by atoms with Crippen molar-refractivity contribution in [2.24, 2.45) is 5.73 Å². The number of hydrogen-bond acceptors (Lipinski definition) is 3. The van der Waals surface area contributed by atoms with Crippen LogP contribution in [0.3, 0.4) is 0 Å². The minimum atomic E-state index is -0.338. The van der Waals surface area contributed by atoms with Gasteiger partial charge in [-0.25, -0.2) is 0 Å². The molecule has 0 saturated carbocycles. The van der Waals surface area contributed by atoms with E-state index in [0.717, 1.165) is 13.2 Å². The topological polar surface area (TPSA) is 55.5 Å². The van der Waals surface area contributed by atoms with Gasteiger partial charge >= 0.3 is 0 Å². The normalized spacial score (nSPS) is 11.7. The second-order valence-electron chi connectivity index (χ2n) is 1.87. The van der Waals surface area contributed by atoms with Gasteiger partial charge in [-0.05, 0) is 20.8 Å². The lowest BCUT2D eigenvalue weighted by atomic mass is 10.4. The van der Waals surface area contributed by atoms with Crippen LogP contribution in [0.15, 0.2) is 0 Å². The third-order valence-corrected chi connectivity index (χ3v) is 0.749. The van der Waals surface area contributed by atoms with E-state index in [1.807, 2.05) is 13.8 Å². The molecule has 3 heteroatoms. The summed E-state index contributed by atoms with van der Waals surface area (Å²) < 4.78 is 4.83. The first-order valence-corrected chi connectivity index (χ1v) is 3.64. The predicted molar refractivity (Wildman–Crippen MR) is 42.9 cm³/mol. The van der Waals surface area contributed by atoms with E-state index in [4.69, 9.17) is 15.6 Å². The van der Waals surface area contributed by atoms with Crippen LogP contribution >= 0.6 is 0 Å². The van der Waals surface area contributed by atoms with Gasteiger partial charge in [0.25, 0.3) is 0 Å². The molecule has 0 bridgehead atoms. The molecule has 0 radical (unpaired) electrons. The molecule has 0 spiro atoms. The van der Waals surface area contributed by atoms with Gasteiger partial charge in [0, 0.05) is 19.8 Å². The summed E-state index contributed by atoms with van der Waals surface area (Å²) in [6.45, 7) is 7.68. The van der Waals surface area contributed by atoms with Crippen LogP contribution in [0.2, 0.25) is 0 Å². The molecule has 3 nitrogen and oxygen atoms in total. The van der Waals surface area contributed by atoms with Gasteiger partial charge in [-0.3, -0.25) is 0 Å². The highest BCUT2D eigenvalue weighted by Gasteiger charge is 1.81. The maximum absolute atomic E-state index is 8.24. The zero-order valence-corrected chi connectivity index (χ0v) is 7.13. The second kappa shape index (κ2) is 11.6. The maximum Gasteiger partial charge on any atom is 0.0634 e. The van der Waals surface area contributed by atoms with Crippen molar-refractivity contribution in [3.05, 3.63) is 0 Å². The summed E-state index contributed by atoms with van der Waals surface area (Å²) in [4.78, 5) is 0. The summed E-state index contributed by atoms with van der Waals surface area (Å²) in [5, 5.41) is 8.24. The van der Waals surface area contributed by atoms with Crippen molar-refractivity contribution in [2.45, 2.75) is 26.9 Å². The highest BCUT2D eigenvalue weighted by atomic mass is 16.5. The largest absolute Gasteiger partial charge is 0.392 e. The first-order chi connectivity index (χ1) is 4.68. The summed E-state index contributed by atoms with van der Waals surface area (Å²) in [6.07, 6.45) is -0.338. The number of ether oxygens (including phenoxy) is 1. The fourth-order valence-electron chi connectivity index (χ4n) is 0.204. The number of aliphatic hydroxyl groups is 1. The lowest BCUT2D eigenvalue weighted by Crippen LogP contribution is -2.14. The Kier molecular flexibility index (Phi) is 14.6. The monoisotopic (exact) mass is 149 g/mol. The summed E-state index contributed by atoms with van der Waals surface area (Å²) in [5.41, 5.74) is 4.92. The van der Waals surface area contributed by atoms with Crippen LogP contribution in [0, 0.1) is 0 Å². The van der Waals surface area contributed by atoms with E-state index < -0.39 is 0 Å². The summed E-state index contributed by atoms with van der Waals surface area (Å²) in [5.74, 6) is 0. The van der Waals surface area contributed by atoms with E-state index >= 15 is 0 Å². The van der Waals surface area contributed by atoms with Crippen LogP contribution in [-0.2, 0) is 4.74 Å². The molecule has 0 aromatic heterocycles. The highest BCUT2D eigenvalue weighted by Crippen LogP contribution is 1.65. The standard InChI is InChI=1S/C4H10O.C3H9NO/c1-3-5-4-2;1-3(5)2-4/h3-4H2,1-2H3;3,5H,2,4H2,1H3. The van der Waals surface area contributed by atoms with Gasteiger partial charge in [0.15, 0.2) is 0 Å². The Balaban J connectivity index is 0. The molecule has 0 aromatic carbocycles. The Labute approximate surface area is 63.2 Å². The van der Waals surface area contributed by atoms with Crippen molar-refractivity contribution >= 4 is 0 Å². The predicted octanol–water partition coefficient (Wildman–Crippen LogP) is 0.369. The molecule has 0 fully saturated rings. The minimum Gasteiger partial charge on any atom is -0.392 e. The molecule has 0 aromatic rings. The van der Waals surface area contributed by atoms with E-state index in [0.29, 0.717) is 6.54 Å². The van der Waals surface area contributed by atoms with E-state index in [1.54, 1.807) is 6.92 Å². The van der Waals surface area contributed by atoms with Crippen LogP contribution in [0.5, 0.6) is 0 Å². The fourth-order valence-corrected chi connectivity index (χ4v) is 0.204. The summed E-state index contributed by atoms with van der Waals surface area (Å²) >= 11 is 0. The van der Waals surface area contributed by atoms with E-state index in [1.165, 1.54) is 0 Å². The first-order valence-electron chi connectivity index (χ1n) is 3.64. The van der Waals surface area contributed by atoms with Crippen molar-refractivity contribution < 1.29 is 9.84 Å². The van der Waals surface area contributed by atoms with E-state index in [2.05, 4.69) is 0 Å². The summed E-state index contributed by atoms with van der Waals surface area (Å²) in [6, 6.07) is 0. The third-order valence-electron chi connectivity index (χ3n) is 0.749. The van der Waals surface area contributed by atoms with Crippen LogP contribution in [0.25, 0.3) is 0 Å². The molecule has 1 atom stereocenters. The van der Waals surface area contributed by atoms with Gasteiger partial charge in [0.2, 0.25) is 0 Å². The van der Waals surface area contributed by atoms with Crippen LogP contribution in [0.4, 0.5) is 0 Å². The average Bonchev–Trinajstić information content (AvgIpc) is 1.91. The molecule has 1 unspecified atom stereocenters. The van der Waals surface area contributed by atoms with Gasteiger partial charge in [-0.1, -0.05) is 0 Å². The van der Waals surface area contributed by atoms with Gasteiger partial charge in [-0.15, -0.1) is 0 Å². The van der Waals surface area contributed by atoms with Crippen molar-refractivity contribution in [1.82, 2.24) is 0 Å². The second-order valence-corrected chi connectivity index (χ2v) is 1.87. The molecule has 0 aliphatic carbocycles. The summed E-state index contributed by atoms with van der Waals surface area (Å²) in [7, 11) is 0. The number of nitrogens with two attached hydrogens (primary N) is 1. The molecular formula is C7H19NO2. The Morgan fingerprint density at radius 2 is 1.70 bits per heavy atom. The average molecular weight is 149 g/mol. The van der Waals surface area contributed by atoms with Gasteiger partial charge in [-0.2, -0.15) is 0 Å². The molecular weight excluding hydrogens is 130 g/mol. The van der Waals surface area contributed by atoms with Crippen molar-refractivity contribution in [3.8, 4) is 0 Å². The Hall–Kier alpha value is -0.120. The molecule has 0 rings (SSSR count). The molecule has 0 saturated heterocycles. The quantitative estimate of drug-likeness (QED) is 0.609. The van der Waals surface area contributed by atoms with Gasteiger partial charge in [0.05, 0.1) is 6.10 Å². The number of hydrogen-bond donors (Lipinski definition) is 2. The molecule has 0 amide bonds. The maximum atomic E-state index is 8.24. The Morgan fingerprint density at radius 1 is 1.40 bits per heavy atom. The van der Waals surface area contributed by atoms with Gasteiger partial charge in [0.1, 0.15) is 0 Å². The highest BCUT2D eigenvalue weighted by molar-refractivity contribution is 4.40. The lowest BCUT2D eigenvalue weighted by Gasteiger charge is -1.91.